The molecule has 0 radical (unpaired) electrons. The summed E-state index contributed by atoms with van der Waals surface area (Å²) in [6, 6.07) is 7.87. The predicted molar refractivity (Wildman–Crippen MR) is 72.4 cm³/mol. The Morgan fingerprint density at radius 2 is 1.94 bits per heavy atom. The molecule has 4 nitrogen and oxygen atoms in total. The van der Waals surface area contributed by atoms with Crippen LogP contribution in [-0.4, -0.2) is 18.9 Å². The lowest BCUT2D eigenvalue weighted by Crippen LogP contribution is -2.24. The maximum Gasteiger partial charge on any atom is 0.253 e. The van der Waals surface area contributed by atoms with Crippen LogP contribution in [0.2, 0.25) is 0 Å². The van der Waals surface area contributed by atoms with Gasteiger partial charge in [-0.3, -0.25) is 15.1 Å². The molecule has 0 aliphatic carbocycles. The summed E-state index contributed by atoms with van der Waals surface area (Å²) in [5.74, 6) is 1.13. The third-order valence-electron chi connectivity index (χ3n) is 2.97. The summed E-state index contributed by atoms with van der Waals surface area (Å²) in [6.07, 6.45) is 1.06. The van der Waals surface area contributed by atoms with Crippen molar-refractivity contribution < 1.29 is 4.79 Å². The van der Waals surface area contributed by atoms with Gasteiger partial charge in [0.1, 0.15) is 6.04 Å². The van der Waals surface area contributed by atoms with Crippen molar-refractivity contribution >= 4 is 11.9 Å². The molecule has 0 spiro atoms. The van der Waals surface area contributed by atoms with Crippen molar-refractivity contribution in [2.24, 2.45) is 10.9 Å². The van der Waals surface area contributed by atoms with E-state index < -0.39 is 0 Å². The van der Waals surface area contributed by atoms with Crippen LogP contribution in [0.4, 0.5) is 0 Å². The van der Waals surface area contributed by atoms with Crippen LogP contribution in [0, 0.1) is 5.92 Å². The predicted octanol–water partition coefficient (Wildman–Crippen LogP) is 1.63. The van der Waals surface area contributed by atoms with Gasteiger partial charge in [-0.1, -0.05) is 38.1 Å². The second-order valence-corrected chi connectivity index (χ2v) is 4.98. The minimum absolute atomic E-state index is 0.0489. The number of carbonyl (C=O) groups is 1. The van der Waals surface area contributed by atoms with Gasteiger partial charge in [0.25, 0.3) is 5.91 Å². The van der Waals surface area contributed by atoms with Gasteiger partial charge in [0.2, 0.25) is 0 Å². The Hall–Kier alpha value is -1.84. The number of benzene rings is 1. The maximum atomic E-state index is 11.8. The van der Waals surface area contributed by atoms with Crippen molar-refractivity contribution in [3.63, 3.8) is 0 Å². The second-order valence-electron chi connectivity index (χ2n) is 4.98. The third-order valence-corrected chi connectivity index (χ3v) is 2.97. The molecule has 96 valence electrons. The van der Waals surface area contributed by atoms with Crippen LogP contribution in [0.5, 0.6) is 0 Å². The SMILES string of the molecule is CN=C1NC(=O)C(c2ccc(CC(C)C)cc2)N1. The van der Waals surface area contributed by atoms with Crippen molar-refractivity contribution in [1.82, 2.24) is 10.6 Å². The van der Waals surface area contributed by atoms with Gasteiger partial charge >= 0.3 is 0 Å². The average molecular weight is 245 g/mol. The lowest BCUT2D eigenvalue weighted by atomic mass is 9.99. The summed E-state index contributed by atoms with van der Waals surface area (Å²) in [5.41, 5.74) is 2.27. The molecule has 1 aliphatic heterocycles. The number of nitrogens with one attached hydrogen (secondary N) is 2. The number of guanidine groups is 1. The lowest BCUT2D eigenvalue weighted by Gasteiger charge is -2.10. The summed E-state index contributed by atoms with van der Waals surface area (Å²) in [5, 5.41) is 5.76. The largest absolute Gasteiger partial charge is 0.340 e. The van der Waals surface area contributed by atoms with Gasteiger partial charge < -0.3 is 5.32 Å². The van der Waals surface area contributed by atoms with E-state index in [1.54, 1.807) is 7.05 Å². The fourth-order valence-corrected chi connectivity index (χ4v) is 2.10. The van der Waals surface area contributed by atoms with E-state index in [-0.39, 0.29) is 11.9 Å². The first kappa shape index (κ1) is 12.6. The van der Waals surface area contributed by atoms with E-state index in [2.05, 4.69) is 41.6 Å². The summed E-state index contributed by atoms with van der Waals surface area (Å²) < 4.78 is 0. The van der Waals surface area contributed by atoms with Crippen LogP contribution in [0.25, 0.3) is 0 Å². The van der Waals surface area contributed by atoms with Gasteiger partial charge in [-0.05, 0) is 23.5 Å². The molecular weight excluding hydrogens is 226 g/mol. The number of carbonyl (C=O) groups excluding carboxylic acids is 1. The first-order valence-electron chi connectivity index (χ1n) is 6.23. The minimum Gasteiger partial charge on any atom is -0.340 e. The quantitative estimate of drug-likeness (QED) is 0.850. The zero-order chi connectivity index (χ0) is 13.1. The van der Waals surface area contributed by atoms with Gasteiger partial charge in [0.05, 0.1) is 0 Å². The van der Waals surface area contributed by atoms with Crippen molar-refractivity contribution in [2.45, 2.75) is 26.3 Å². The smallest absolute Gasteiger partial charge is 0.253 e. The Morgan fingerprint density at radius 1 is 1.28 bits per heavy atom. The Labute approximate surface area is 108 Å². The highest BCUT2D eigenvalue weighted by atomic mass is 16.2. The van der Waals surface area contributed by atoms with Gasteiger partial charge in [0, 0.05) is 7.05 Å². The van der Waals surface area contributed by atoms with Gasteiger partial charge in [-0.15, -0.1) is 0 Å². The molecular formula is C14H19N3O. The minimum atomic E-state index is -0.322. The molecule has 1 atom stereocenters. The standard InChI is InChI=1S/C14H19N3O/c1-9(2)8-10-4-6-11(7-5-10)12-13(18)17-14(15-3)16-12/h4-7,9,12H,8H2,1-3H3,(H2,15,16,17,18). The highest BCUT2D eigenvalue weighted by Gasteiger charge is 2.28. The Kier molecular flexibility index (Phi) is 3.65. The first-order valence-corrected chi connectivity index (χ1v) is 6.23. The third kappa shape index (κ3) is 2.70. The van der Waals surface area contributed by atoms with Crippen LogP contribution in [-0.2, 0) is 11.2 Å². The molecule has 0 saturated carbocycles. The number of aliphatic imine (C=N–C) groups is 1. The van der Waals surface area contributed by atoms with Crippen molar-refractivity contribution in [1.29, 1.82) is 0 Å². The molecule has 0 bridgehead atoms. The number of amides is 1. The summed E-state index contributed by atoms with van der Waals surface area (Å²) >= 11 is 0. The van der Waals surface area contributed by atoms with Crippen LogP contribution in [0.3, 0.4) is 0 Å². The van der Waals surface area contributed by atoms with Crippen molar-refractivity contribution in [2.75, 3.05) is 7.05 Å². The Morgan fingerprint density at radius 3 is 2.44 bits per heavy atom. The molecule has 18 heavy (non-hydrogen) atoms. The number of hydrogen-bond donors (Lipinski definition) is 2. The molecule has 2 rings (SSSR count). The van der Waals surface area contributed by atoms with Gasteiger partial charge in [0.15, 0.2) is 5.96 Å². The second kappa shape index (κ2) is 5.21. The molecule has 2 N–H and O–H groups in total. The molecule has 1 aromatic carbocycles. The number of rotatable bonds is 3. The van der Waals surface area contributed by atoms with Crippen LogP contribution in [0.15, 0.2) is 29.3 Å². The van der Waals surface area contributed by atoms with Crippen LogP contribution >= 0.6 is 0 Å². The molecule has 1 aliphatic rings. The highest BCUT2D eigenvalue weighted by Crippen LogP contribution is 2.18. The topological polar surface area (TPSA) is 53.5 Å². The van der Waals surface area contributed by atoms with Crippen LogP contribution in [0.1, 0.15) is 31.0 Å². The van der Waals surface area contributed by atoms with E-state index in [1.807, 2.05) is 12.1 Å². The lowest BCUT2D eigenvalue weighted by molar-refractivity contribution is -0.120. The molecule has 1 aromatic rings. The van der Waals surface area contributed by atoms with E-state index in [0.29, 0.717) is 11.9 Å². The summed E-state index contributed by atoms with van der Waals surface area (Å²) in [7, 11) is 1.65. The molecule has 1 fully saturated rings. The molecule has 1 heterocycles. The fraction of sp³-hybridized carbons (Fsp3) is 0.429. The Bertz CT molecular complexity index is 462. The van der Waals surface area contributed by atoms with Gasteiger partial charge in [-0.25, -0.2) is 0 Å². The fourth-order valence-electron chi connectivity index (χ4n) is 2.10. The molecule has 4 heteroatoms. The van der Waals surface area contributed by atoms with Gasteiger partial charge in [-0.2, -0.15) is 0 Å². The number of hydrogen-bond acceptors (Lipinski definition) is 2. The van der Waals surface area contributed by atoms with E-state index in [1.165, 1.54) is 5.56 Å². The zero-order valence-corrected chi connectivity index (χ0v) is 11.0. The monoisotopic (exact) mass is 245 g/mol. The Balaban J connectivity index is 2.13. The van der Waals surface area contributed by atoms with E-state index in [0.717, 1.165) is 12.0 Å². The molecule has 1 amide bonds. The highest BCUT2D eigenvalue weighted by molar-refractivity contribution is 6.06. The normalized spacial score (nSPS) is 21.2. The average Bonchev–Trinajstić information content (AvgIpc) is 2.71. The molecule has 1 unspecified atom stereocenters. The zero-order valence-electron chi connectivity index (χ0n) is 11.0. The molecule has 0 aromatic heterocycles. The first-order chi connectivity index (χ1) is 8.60. The maximum absolute atomic E-state index is 11.8. The molecule has 1 saturated heterocycles. The van der Waals surface area contributed by atoms with Crippen LogP contribution < -0.4 is 10.6 Å². The van der Waals surface area contributed by atoms with E-state index in [9.17, 15) is 4.79 Å². The van der Waals surface area contributed by atoms with E-state index in [4.69, 9.17) is 0 Å². The summed E-state index contributed by atoms with van der Waals surface area (Å²) in [6.45, 7) is 4.40. The summed E-state index contributed by atoms with van der Waals surface area (Å²) in [4.78, 5) is 15.7. The number of nitrogens with zero attached hydrogens (tertiary/aromatic N) is 1. The van der Waals surface area contributed by atoms with E-state index >= 15 is 0 Å². The van der Waals surface area contributed by atoms with Crippen molar-refractivity contribution in [3.8, 4) is 0 Å². The van der Waals surface area contributed by atoms with Crippen molar-refractivity contribution in [3.05, 3.63) is 35.4 Å².